The van der Waals surface area contributed by atoms with E-state index in [2.05, 4.69) is 5.32 Å². The number of nitriles is 1. The molecule has 2 aromatic carbocycles. The molecule has 30 heavy (non-hydrogen) atoms. The lowest BCUT2D eigenvalue weighted by atomic mass is 10.1. The van der Waals surface area contributed by atoms with Gasteiger partial charge in [0, 0.05) is 0 Å². The first-order valence-electron chi connectivity index (χ1n) is 9.48. The van der Waals surface area contributed by atoms with Crippen molar-refractivity contribution in [2.75, 3.05) is 19.8 Å². The van der Waals surface area contributed by atoms with Crippen molar-refractivity contribution in [1.29, 1.82) is 5.26 Å². The van der Waals surface area contributed by atoms with Crippen LogP contribution in [0, 0.1) is 11.3 Å². The Hall–Kier alpha value is -3.73. The van der Waals surface area contributed by atoms with Crippen LogP contribution in [-0.2, 0) is 14.3 Å². The van der Waals surface area contributed by atoms with Crippen LogP contribution < -0.4 is 19.5 Å². The SMILES string of the molecule is C[C@H](Oc1ccc(C#N)cc1)C(=O)OCC(=O)N[C@H](C)c1ccc2c(c1)OCCO2. The standard InChI is InChI=1S/C22H22N2O6/c1-14(17-5-8-19-20(11-17)28-10-9-27-19)24-21(25)13-29-22(26)15(2)30-18-6-3-16(12-23)4-7-18/h3-8,11,14-15H,9-10,13H2,1-2H3,(H,24,25)/t14-,15+/m1/s1. The number of ether oxygens (including phenoxy) is 4. The Kier molecular flexibility index (Phi) is 6.75. The number of rotatable bonds is 7. The fourth-order valence-corrected chi connectivity index (χ4v) is 2.81. The topological polar surface area (TPSA) is 107 Å². The van der Waals surface area contributed by atoms with Crippen LogP contribution in [0.15, 0.2) is 42.5 Å². The summed E-state index contributed by atoms with van der Waals surface area (Å²) in [6.45, 7) is 3.92. The van der Waals surface area contributed by atoms with Crippen molar-refractivity contribution in [3.05, 3.63) is 53.6 Å². The summed E-state index contributed by atoms with van der Waals surface area (Å²) in [6, 6.07) is 13.5. The number of amides is 1. The summed E-state index contributed by atoms with van der Waals surface area (Å²) in [5.74, 6) is 0.640. The number of fused-ring (bicyclic) bond motifs is 1. The Labute approximate surface area is 174 Å². The monoisotopic (exact) mass is 410 g/mol. The minimum Gasteiger partial charge on any atom is -0.486 e. The molecule has 1 aliphatic rings. The molecule has 1 N–H and O–H groups in total. The molecule has 1 amide bonds. The summed E-state index contributed by atoms with van der Waals surface area (Å²) < 4.78 is 21.5. The second kappa shape index (κ2) is 9.65. The Morgan fingerprint density at radius 2 is 1.80 bits per heavy atom. The number of nitrogens with zero attached hydrogens (tertiary/aromatic N) is 1. The number of benzene rings is 2. The summed E-state index contributed by atoms with van der Waals surface area (Å²) in [4.78, 5) is 24.2. The van der Waals surface area contributed by atoms with Crippen LogP contribution in [-0.4, -0.2) is 37.8 Å². The first kappa shape index (κ1) is 21.0. The maximum absolute atomic E-state index is 12.2. The average Bonchev–Trinajstić information content (AvgIpc) is 2.77. The van der Waals surface area contributed by atoms with E-state index in [1.165, 1.54) is 6.92 Å². The molecular weight excluding hydrogens is 388 g/mol. The van der Waals surface area contributed by atoms with Crippen LogP contribution >= 0.6 is 0 Å². The Bertz CT molecular complexity index is 951. The zero-order valence-electron chi connectivity index (χ0n) is 16.7. The smallest absolute Gasteiger partial charge is 0.347 e. The van der Waals surface area contributed by atoms with Gasteiger partial charge in [0.05, 0.1) is 17.7 Å². The maximum atomic E-state index is 12.2. The van der Waals surface area contributed by atoms with Crippen molar-refractivity contribution < 1.29 is 28.5 Å². The second-order valence-corrected chi connectivity index (χ2v) is 6.70. The summed E-state index contributed by atoms with van der Waals surface area (Å²) in [6.07, 6.45) is -0.902. The first-order chi connectivity index (χ1) is 14.5. The summed E-state index contributed by atoms with van der Waals surface area (Å²) in [5.41, 5.74) is 1.33. The predicted molar refractivity (Wildman–Crippen MR) is 106 cm³/mol. The van der Waals surface area contributed by atoms with Gasteiger partial charge in [-0.15, -0.1) is 0 Å². The molecule has 1 aliphatic heterocycles. The predicted octanol–water partition coefficient (Wildman–Crippen LogP) is 2.52. The molecule has 0 radical (unpaired) electrons. The minimum absolute atomic E-state index is 0.306. The van der Waals surface area contributed by atoms with E-state index in [0.29, 0.717) is 36.0 Å². The van der Waals surface area contributed by atoms with Crippen molar-refractivity contribution in [1.82, 2.24) is 5.32 Å². The molecule has 0 bridgehead atoms. The summed E-state index contributed by atoms with van der Waals surface area (Å²) in [5, 5.41) is 11.6. The Morgan fingerprint density at radius 1 is 1.10 bits per heavy atom. The highest BCUT2D eigenvalue weighted by molar-refractivity contribution is 5.82. The fraction of sp³-hybridized carbons (Fsp3) is 0.318. The number of nitrogens with one attached hydrogen (secondary N) is 1. The Morgan fingerprint density at radius 3 is 2.50 bits per heavy atom. The van der Waals surface area contributed by atoms with Crippen LogP contribution in [0.4, 0.5) is 0 Å². The number of hydrogen-bond donors (Lipinski definition) is 1. The van der Waals surface area contributed by atoms with Gasteiger partial charge in [-0.2, -0.15) is 5.26 Å². The van der Waals surface area contributed by atoms with Crippen molar-refractivity contribution in [2.24, 2.45) is 0 Å². The van der Waals surface area contributed by atoms with Crippen LogP contribution in [0.25, 0.3) is 0 Å². The lowest BCUT2D eigenvalue weighted by Crippen LogP contribution is -2.34. The minimum atomic E-state index is -0.902. The number of carbonyl (C=O) groups excluding carboxylic acids is 2. The van der Waals surface area contributed by atoms with Crippen molar-refractivity contribution >= 4 is 11.9 Å². The van der Waals surface area contributed by atoms with Crippen molar-refractivity contribution in [3.63, 3.8) is 0 Å². The highest BCUT2D eigenvalue weighted by atomic mass is 16.6. The zero-order valence-corrected chi connectivity index (χ0v) is 16.7. The molecule has 0 spiro atoms. The summed E-state index contributed by atoms with van der Waals surface area (Å²) >= 11 is 0. The molecule has 0 saturated heterocycles. The van der Waals surface area contributed by atoms with Crippen LogP contribution in [0.2, 0.25) is 0 Å². The van der Waals surface area contributed by atoms with Crippen LogP contribution in [0.5, 0.6) is 17.2 Å². The molecule has 0 fully saturated rings. The van der Waals surface area contributed by atoms with E-state index in [4.69, 9.17) is 24.2 Å². The quantitative estimate of drug-likeness (QED) is 0.699. The van der Waals surface area contributed by atoms with E-state index in [9.17, 15) is 9.59 Å². The lowest BCUT2D eigenvalue weighted by Gasteiger charge is -2.21. The van der Waals surface area contributed by atoms with Crippen LogP contribution in [0.3, 0.4) is 0 Å². The second-order valence-electron chi connectivity index (χ2n) is 6.70. The van der Waals surface area contributed by atoms with Gasteiger partial charge in [0.2, 0.25) is 0 Å². The largest absolute Gasteiger partial charge is 0.486 e. The van der Waals surface area contributed by atoms with Gasteiger partial charge < -0.3 is 24.3 Å². The third-order valence-electron chi connectivity index (χ3n) is 4.42. The van der Waals surface area contributed by atoms with Gasteiger partial charge in [0.25, 0.3) is 5.91 Å². The molecule has 2 aromatic rings. The van der Waals surface area contributed by atoms with Crippen molar-refractivity contribution in [2.45, 2.75) is 26.0 Å². The van der Waals surface area contributed by atoms with Gasteiger partial charge in [0.15, 0.2) is 24.2 Å². The maximum Gasteiger partial charge on any atom is 0.347 e. The van der Waals surface area contributed by atoms with E-state index < -0.39 is 24.6 Å². The highest BCUT2D eigenvalue weighted by Gasteiger charge is 2.20. The van der Waals surface area contributed by atoms with Gasteiger partial charge >= 0.3 is 5.97 Å². The van der Waals surface area contributed by atoms with Gasteiger partial charge in [-0.3, -0.25) is 4.79 Å². The third kappa shape index (κ3) is 5.41. The molecule has 8 nitrogen and oxygen atoms in total. The first-order valence-corrected chi connectivity index (χ1v) is 9.48. The van der Waals surface area contributed by atoms with E-state index in [-0.39, 0.29) is 6.04 Å². The average molecular weight is 410 g/mol. The molecule has 0 aliphatic carbocycles. The fourth-order valence-electron chi connectivity index (χ4n) is 2.81. The van der Waals surface area contributed by atoms with E-state index in [0.717, 1.165) is 5.56 Å². The molecule has 0 unspecified atom stereocenters. The molecule has 0 aromatic heterocycles. The van der Waals surface area contributed by atoms with E-state index >= 15 is 0 Å². The molecule has 8 heteroatoms. The molecule has 1 heterocycles. The van der Waals surface area contributed by atoms with Gasteiger partial charge in [-0.1, -0.05) is 6.07 Å². The molecular formula is C22H22N2O6. The molecule has 2 atom stereocenters. The number of hydrogen-bond acceptors (Lipinski definition) is 7. The van der Waals surface area contributed by atoms with E-state index in [1.807, 2.05) is 25.1 Å². The summed E-state index contributed by atoms with van der Waals surface area (Å²) in [7, 11) is 0. The van der Waals surface area contributed by atoms with Crippen molar-refractivity contribution in [3.8, 4) is 23.3 Å². The highest BCUT2D eigenvalue weighted by Crippen LogP contribution is 2.32. The van der Waals surface area contributed by atoms with Gasteiger partial charge in [-0.25, -0.2) is 4.79 Å². The normalized spacial score (nSPS) is 14.0. The van der Waals surface area contributed by atoms with Crippen LogP contribution in [0.1, 0.15) is 31.0 Å². The van der Waals surface area contributed by atoms with Gasteiger partial charge in [-0.05, 0) is 55.8 Å². The number of esters is 1. The molecule has 3 rings (SSSR count). The zero-order chi connectivity index (χ0) is 21.5. The Balaban J connectivity index is 1.46. The molecule has 156 valence electrons. The van der Waals surface area contributed by atoms with Gasteiger partial charge in [0.1, 0.15) is 19.0 Å². The van der Waals surface area contributed by atoms with E-state index in [1.54, 1.807) is 30.3 Å². The number of carbonyl (C=O) groups is 2. The molecule has 0 saturated carbocycles. The third-order valence-corrected chi connectivity index (χ3v) is 4.42. The lowest BCUT2D eigenvalue weighted by molar-refractivity contribution is -0.154.